The van der Waals surface area contributed by atoms with Gasteiger partial charge in [0.05, 0.1) is 11.8 Å². The van der Waals surface area contributed by atoms with Crippen molar-refractivity contribution in [2.75, 3.05) is 6.54 Å². The van der Waals surface area contributed by atoms with Gasteiger partial charge in [0.1, 0.15) is 0 Å². The predicted molar refractivity (Wildman–Crippen MR) is 86.3 cm³/mol. The number of amides is 3. The first-order valence-corrected chi connectivity index (χ1v) is 8.96. The Morgan fingerprint density at radius 2 is 1.65 bits per heavy atom. The summed E-state index contributed by atoms with van der Waals surface area (Å²) in [4.78, 5) is 38.0. The molecular weight excluding hydrogens is 292 g/mol. The van der Waals surface area contributed by atoms with Crippen molar-refractivity contribution in [3.8, 4) is 0 Å². The lowest BCUT2D eigenvalue weighted by Crippen LogP contribution is -2.37. The van der Waals surface area contributed by atoms with Gasteiger partial charge in [-0.3, -0.25) is 19.3 Å². The first kappa shape index (κ1) is 16.2. The molecule has 1 saturated carbocycles. The van der Waals surface area contributed by atoms with Gasteiger partial charge in [-0.25, -0.2) is 0 Å². The highest BCUT2D eigenvalue weighted by Crippen LogP contribution is 2.35. The Balaban J connectivity index is 1.42. The molecule has 5 nitrogen and oxygen atoms in total. The lowest BCUT2D eigenvalue weighted by molar-refractivity contribution is -0.140. The van der Waals surface area contributed by atoms with Crippen LogP contribution in [0.15, 0.2) is 12.2 Å². The van der Waals surface area contributed by atoms with Crippen molar-refractivity contribution in [2.24, 2.45) is 11.8 Å². The molecular formula is C18H26N2O3. The van der Waals surface area contributed by atoms with E-state index in [9.17, 15) is 14.4 Å². The Kier molecular flexibility index (Phi) is 5.13. The summed E-state index contributed by atoms with van der Waals surface area (Å²) >= 11 is 0. The molecule has 23 heavy (non-hydrogen) atoms. The molecule has 1 saturated heterocycles. The zero-order valence-corrected chi connectivity index (χ0v) is 13.6. The summed E-state index contributed by atoms with van der Waals surface area (Å²) in [5.41, 5.74) is 0. The van der Waals surface area contributed by atoms with Crippen LogP contribution in [0.25, 0.3) is 0 Å². The second-order valence-corrected chi connectivity index (χ2v) is 6.99. The highest BCUT2D eigenvalue weighted by Gasteiger charge is 2.46. The number of hydrogen-bond donors (Lipinski definition) is 1. The summed E-state index contributed by atoms with van der Waals surface area (Å²) in [5, 5.41) is 3.08. The standard InChI is InChI=1S/C18H26N2O3/c21-16(19-13-7-2-1-3-8-13)11-6-12-20-17(22)14-9-4-5-10-15(14)18(20)23/h4-5,13-15H,1-3,6-12H2,(H,19,21)/t14-,15-/m1/s1. The fourth-order valence-electron chi connectivity index (χ4n) is 4.03. The topological polar surface area (TPSA) is 66.5 Å². The molecule has 2 fully saturated rings. The molecule has 3 rings (SSSR count). The van der Waals surface area contributed by atoms with E-state index in [1.807, 2.05) is 12.2 Å². The van der Waals surface area contributed by atoms with Crippen molar-refractivity contribution in [1.29, 1.82) is 0 Å². The van der Waals surface area contributed by atoms with Crippen LogP contribution in [-0.4, -0.2) is 35.2 Å². The van der Waals surface area contributed by atoms with E-state index in [-0.39, 0.29) is 29.6 Å². The van der Waals surface area contributed by atoms with E-state index in [2.05, 4.69) is 5.32 Å². The molecule has 2 aliphatic carbocycles. The predicted octanol–water partition coefficient (Wildman–Crippen LogP) is 2.17. The van der Waals surface area contributed by atoms with Crippen molar-refractivity contribution in [1.82, 2.24) is 10.2 Å². The molecule has 3 aliphatic rings. The van der Waals surface area contributed by atoms with Crippen LogP contribution in [0.2, 0.25) is 0 Å². The van der Waals surface area contributed by atoms with Crippen LogP contribution in [0.3, 0.4) is 0 Å². The molecule has 126 valence electrons. The van der Waals surface area contributed by atoms with Gasteiger partial charge in [-0.1, -0.05) is 31.4 Å². The first-order chi connectivity index (χ1) is 11.2. The maximum Gasteiger partial charge on any atom is 0.233 e. The molecule has 0 aromatic heterocycles. The van der Waals surface area contributed by atoms with Crippen molar-refractivity contribution < 1.29 is 14.4 Å². The summed E-state index contributed by atoms with van der Waals surface area (Å²) in [6, 6.07) is 0.320. The third-order valence-corrected chi connectivity index (χ3v) is 5.35. The fourth-order valence-corrected chi connectivity index (χ4v) is 4.03. The summed E-state index contributed by atoms with van der Waals surface area (Å²) in [5.74, 6) is -0.365. The third-order valence-electron chi connectivity index (χ3n) is 5.35. The second kappa shape index (κ2) is 7.28. The van der Waals surface area contributed by atoms with Gasteiger partial charge in [-0.2, -0.15) is 0 Å². The highest BCUT2D eigenvalue weighted by atomic mass is 16.2. The number of carbonyl (C=O) groups excluding carboxylic acids is 3. The summed E-state index contributed by atoms with van der Waals surface area (Å²) in [6.45, 7) is 0.378. The number of nitrogens with one attached hydrogen (secondary N) is 1. The third kappa shape index (κ3) is 3.65. The van der Waals surface area contributed by atoms with E-state index >= 15 is 0 Å². The number of allylic oxidation sites excluding steroid dienone is 2. The molecule has 5 heteroatoms. The number of rotatable bonds is 5. The highest BCUT2D eigenvalue weighted by molar-refractivity contribution is 6.05. The molecule has 0 aromatic carbocycles. The van der Waals surface area contributed by atoms with E-state index in [0.29, 0.717) is 38.3 Å². The quantitative estimate of drug-likeness (QED) is 0.624. The molecule has 3 amide bonds. The van der Waals surface area contributed by atoms with E-state index in [1.54, 1.807) is 0 Å². The van der Waals surface area contributed by atoms with Gasteiger partial charge in [0, 0.05) is 19.0 Å². The minimum atomic E-state index is -0.163. The fraction of sp³-hybridized carbons (Fsp3) is 0.722. The number of imide groups is 1. The van der Waals surface area contributed by atoms with Crippen LogP contribution in [0.5, 0.6) is 0 Å². The molecule has 1 heterocycles. The Morgan fingerprint density at radius 1 is 1.04 bits per heavy atom. The van der Waals surface area contributed by atoms with Gasteiger partial charge in [-0.05, 0) is 32.1 Å². The minimum Gasteiger partial charge on any atom is -0.353 e. The largest absolute Gasteiger partial charge is 0.353 e. The Morgan fingerprint density at radius 3 is 2.26 bits per heavy atom. The van der Waals surface area contributed by atoms with E-state index < -0.39 is 0 Å². The lowest BCUT2D eigenvalue weighted by Gasteiger charge is -2.23. The average Bonchev–Trinajstić information content (AvgIpc) is 2.81. The smallest absolute Gasteiger partial charge is 0.233 e. The first-order valence-electron chi connectivity index (χ1n) is 8.96. The second-order valence-electron chi connectivity index (χ2n) is 6.99. The molecule has 0 radical (unpaired) electrons. The van der Waals surface area contributed by atoms with Gasteiger partial charge in [0.25, 0.3) is 0 Å². The van der Waals surface area contributed by atoms with Gasteiger partial charge < -0.3 is 5.32 Å². The van der Waals surface area contributed by atoms with E-state index in [4.69, 9.17) is 0 Å². The Bertz CT molecular complexity index is 482. The van der Waals surface area contributed by atoms with Crippen molar-refractivity contribution in [3.05, 3.63) is 12.2 Å². The van der Waals surface area contributed by atoms with Crippen LogP contribution >= 0.6 is 0 Å². The molecule has 0 spiro atoms. The molecule has 0 bridgehead atoms. The maximum atomic E-state index is 12.3. The Labute approximate surface area is 137 Å². The van der Waals surface area contributed by atoms with Gasteiger partial charge in [0.2, 0.25) is 17.7 Å². The maximum absolute atomic E-state index is 12.3. The monoisotopic (exact) mass is 318 g/mol. The number of fused-ring (bicyclic) bond motifs is 1. The van der Waals surface area contributed by atoms with Gasteiger partial charge in [-0.15, -0.1) is 0 Å². The lowest BCUT2D eigenvalue weighted by atomic mass is 9.85. The summed E-state index contributed by atoms with van der Waals surface area (Å²) < 4.78 is 0. The van der Waals surface area contributed by atoms with Crippen LogP contribution in [-0.2, 0) is 14.4 Å². The molecule has 0 unspecified atom stereocenters. The van der Waals surface area contributed by atoms with Crippen molar-refractivity contribution in [2.45, 2.75) is 63.8 Å². The number of hydrogen-bond acceptors (Lipinski definition) is 3. The normalized spacial score (nSPS) is 28.1. The number of likely N-dealkylation sites (tertiary alicyclic amines) is 1. The van der Waals surface area contributed by atoms with Crippen LogP contribution in [0, 0.1) is 11.8 Å². The minimum absolute atomic E-state index is 0.0444. The zero-order valence-electron chi connectivity index (χ0n) is 13.6. The van der Waals surface area contributed by atoms with Crippen LogP contribution in [0.4, 0.5) is 0 Å². The van der Waals surface area contributed by atoms with E-state index in [1.165, 1.54) is 24.2 Å². The molecule has 1 N–H and O–H groups in total. The SMILES string of the molecule is O=C(CCCN1C(=O)[C@@H]2CC=CC[C@H]2C1=O)NC1CCCCC1. The number of carbonyl (C=O) groups is 3. The summed E-state index contributed by atoms with van der Waals surface area (Å²) in [7, 11) is 0. The summed E-state index contributed by atoms with van der Waals surface area (Å²) in [6.07, 6.45) is 12.1. The van der Waals surface area contributed by atoms with Crippen molar-refractivity contribution >= 4 is 17.7 Å². The van der Waals surface area contributed by atoms with Gasteiger partial charge >= 0.3 is 0 Å². The average molecular weight is 318 g/mol. The molecule has 0 aromatic rings. The van der Waals surface area contributed by atoms with Crippen LogP contribution in [0.1, 0.15) is 57.8 Å². The Hall–Kier alpha value is -1.65. The zero-order chi connectivity index (χ0) is 16.2. The van der Waals surface area contributed by atoms with Crippen LogP contribution < -0.4 is 5.32 Å². The molecule has 2 atom stereocenters. The van der Waals surface area contributed by atoms with Crippen molar-refractivity contribution in [3.63, 3.8) is 0 Å². The van der Waals surface area contributed by atoms with E-state index in [0.717, 1.165) is 12.8 Å². The van der Waals surface area contributed by atoms with Gasteiger partial charge in [0.15, 0.2) is 0 Å². The molecule has 1 aliphatic heterocycles. The number of nitrogens with zero attached hydrogens (tertiary/aromatic N) is 1.